The first kappa shape index (κ1) is 40.1. The van der Waals surface area contributed by atoms with Crippen molar-refractivity contribution in [2.45, 2.75) is 89.9 Å². The number of H-pyrrole nitrogens is 2. The van der Waals surface area contributed by atoms with E-state index >= 15 is 0 Å². The average molecular weight is 819 g/mol. The summed E-state index contributed by atoms with van der Waals surface area (Å²) in [6.45, 7) is 12.2. The monoisotopic (exact) mass is 818 g/mol. The lowest BCUT2D eigenvalue weighted by atomic mass is 9.99. The van der Waals surface area contributed by atoms with E-state index in [2.05, 4.69) is 88.3 Å². The molecule has 4 heterocycles. The lowest BCUT2D eigenvalue weighted by Gasteiger charge is -2.31. The molecule has 1 aliphatic carbocycles. The molecule has 8 rings (SSSR count). The first-order chi connectivity index (χ1) is 28.2. The minimum atomic E-state index is -1.75. The van der Waals surface area contributed by atoms with Crippen molar-refractivity contribution in [3.63, 3.8) is 0 Å². The molecule has 4 amide bonds. The van der Waals surface area contributed by atoms with Crippen molar-refractivity contribution in [3.05, 3.63) is 72.4 Å². The first-order valence-electron chi connectivity index (χ1n) is 20.6. The zero-order valence-electron chi connectivity index (χ0n) is 35.0. The lowest BCUT2D eigenvalue weighted by Crippen LogP contribution is -2.52. The Morgan fingerprint density at radius 3 is 2.08 bits per heavy atom. The Kier molecular flexibility index (Phi) is 10.5. The van der Waals surface area contributed by atoms with Crippen molar-refractivity contribution in [2.24, 2.45) is 17.8 Å². The summed E-state index contributed by atoms with van der Waals surface area (Å²) in [7, 11) is 0.855. The fourth-order valence-corrected chi connectivity index (χ4v) is 12.0. The zero-order valence-corrected chi connectivity index (χ0v) is 36.0. The number of carbonyl (C=O) groups excluding carboxylic acids is 4. The van der Waals surface area contributed by atoms with Gasteiger partial charge >= 0.3 is 12.2 Å². The molecule has 2 aliphatic heterocycles. The Morgan fingerprint density at radius 2 is 1.42 bits per heavy atom. The number of hydrogen-bond acceptors (Lipinski definition) is 8. The number of likely N-dealkylation sites (tertiary alicyclic amines) is 1. The van der Waals surface area contributed by atoms with Crippen LogP contribution in [0.5, 0.6) is 0 Å². The molecule has 310 valence electrons. The van der Waals surface area contributed by atoms with Crippen LogP contribution >= 0.6 is 0 Å². The van der Waals surface area contributed by atoms with Gasteiger partial charge in [-0.25, -0.2) is 19.6 Å². The van der Waals surface area contributed by atoms with E-state index in [1.165, 1.54) is 14.2 Å². The number of imidazole rings is 2. The second kappa shape index (κ2) is 15.5. The van der Waals surface area contributed by atoms with Crippen LogP contribution in [0.4, 0.5) is 9.59 Å². The highest BCUT2D eigenvalue weighted by Gasteiger charge is 2.56. The van der Waals surface area contributed by atoms with Gasteiger partial charge in [-0.3, -0.25) is 9.59 Å². The average Bonchev–Trinajstić information content (AvgIpc) is 3.63. The van der Waals surface area contributed by atoms with Gasteiger partial charge in [-0.1, -0.05) is 83.3 Å². The molecule has 2 saturated heterocycles. The van der Waals surface area contributed by atoms with E-state index in [4.69, 9.17) is 19.4 Å². The van der Waals surface area contributed by atoms with Crippen molar-refractivity contribution in [2.75, 3.05) is 20.4 Å². The van der Waals surface area contributed by atoms with Gasteiger partial charge in [0.25, 0.3) is 0 Å². The number of alkyl carbamates (subject to hydrolysis) is 2. The second-order valence-corrected chi connectivity index (χ2v) is 23.0. The maximum absolute atomic E-state index is 13.9. The van der Waals surface area contributed by atoms with Crippen LogP contribution < -0.4 is 10.6 Å². The maximum atomic E-state index is 13.9. The molecular weight excluding hydrogens is 765 g/mol. The molecule has 3 aliphatic rings. The van der Waals surface area contributed by atoms with E-state index < -0.39 is 32.3 Å². The Labute approximate surface area is 344 Å². The zero-order chi connectivity index (χ0) is 41.9. The Bertz CT molecular complexity index is 2420. The number of methoxy groups -OCH3 is 2. The third kappa shape index (κ3) is 7.67. The largest absolute Gasteiger partial charge is 0.453 e. The third-order valence-corrected chi connectivity index (χ3v) is 15.1. The Hall–Kier alpha value is -5.70. The van der Waals surface area contributed by atoms with Crippen LogP contribution in [-0.2, 0) is 19.1 Å². The predicted molar refractivity (Wildman–Crippen MR) is 228 cm³/mol. The normalized spacial score (nSPS) is 21.8. The summed E-state index contributed by atoms with van der Waals surface area (Å²) in [4.78, 5) is 72.8. The number of aromatic amines is 2. The summed E-state index contributed by atoms with van der Waals surface area (Å²) in [5.74, 6) is 1.52. The number of piperidine rings is 1. The summed E-state index contributed by atoms with van der Waals surface area (Å²) < 4.78 is 9.64. The number of aromatic nitrogens is 4. The van der Waals surface area contributed by atoms with Crippen LogP contribution in [0.15, 0.2) is 60.8 Å². The van der Waals surface area contributed by atoms with E-state index in [0.29, 0.717) is 12.1 Å². The van der Waals surface area contributed by atoms with Crippen molar-refractivity contribution >= 4 is 53.9 Å². The number of fused-ring (bicyclic) bond motifs is 4. The van der Waals surface area contributed by atoms with Crippen LogP contribution in [0.3, 0.4) is 0 Å². The summed E-state index contributed by atoms with van der Waals surface area (Å²) in [6.07, 6.45) is 3.09. The van der Waals surface area contributed by atoms with Crippen LogP contribution in [0.1, 0.15) is 64.3 Å². The smallest absolute Gasteiger partial charge is 0.407 e. The topological polar surface area (TPSA) is 175 Å². The molecule has 3 fully saturated rings. The molecular formula is C44H54N8O6Si. The summed E-state index contributed by atoms with van der Waals surface area (Å²) in [5, 5.41) is 7.58. The molecule has 59 heavy (non-hydrogen) atoms. The number of rotatable bonds is 10. The maximum Gasteiger partial charge on any atom is 0.407 e. The highest BCUT2D eigenvalue weighted by molar-refractivity contribution is 6.78. The van der Waals surface area contributed by atoms with Crippen LogP contribution in [0, 0.1) is 17.8 Å². The SMILES string of the molecule is COC(=O)N[C@H](C(=O)N1C[Si](C)(C)C[C@H]1c1ncc(-c2ccc(-c3ccc4c(ccc5[nH]c([C@@H]6CC7CC7N6C(=O)[C@@H](NC(=O)OC)C(C)C)nc54)c3)cc2)[nH]1)C(C)C. The van der Waals surface area contributed by atoms with Gasteiger partial charge in [0, 0.05) is 17.6 Å². The van der Waals surface area contributed by atoms with Crippen LogP contribution in [-0.4, -0.2) is 100 Å². The van der Waals surface area contributed by atoms with Gasteiger partial charge < -0.3 is 39.9 Å². The first-order valence-corrected chi connectivity index (χ1v) is 24.0. The van der Waals surface area contributed by atoms with Gasteiger partial charge in [0.2, 0.25) is 11.8 Å². The number of nitrogens with zero attached hydrogens (tertiary/aromatic N) is 4. The minimum Gasteiger partial charge on any atom is -0.453 e. The number of nitrogens with one attached hydrogen (secondary N) is 4. The number of ether oxygens (including phenoxy) is 2. The molecule has 1 saturated carbocycles. The minimum absolute atomic E-state index is 0.0986. The molecule has 5 aromatic rings. The third-order valence-electron chi connectivity index (χ3n) is 12.4. The number of hydrogen-bond donors (Lipinski definition) is 4. The van der Waals surface area contributed by atoms with Crippen LogP contribution in [0.2, 0.25) is 19.1 Å². The molecule has 3 aromatic carbocycles. The molecule has 6 atom stereocenters. The quantitative estimate of drug-likeness (QED) is 0.106. The van der Waals surface area contributed by atoms with Crippen molar-refractivity contribution in [3.8, 4) is 22.4 Å². The standard InChI is InChI=1S/C44H54N8O6Si/c1-23(2)36(49-43(55)57-5)41(53)51-22-59(7,8)21-35(51)39-45-20-32(47-39)26-11-9-25(10-12-26)27-13-15-30-28(17-27)14-16-31-38(30)48-40(46-31)34-19-29-18-33(29)52(34)42(54)37(24(3)4)50-44(56)58-6/h9-17,20,23-24,29,33-37H,18-19,21-22H2,1-8H3,(H,45,47)(H,46,48)(H,49,55)(H,50,56)/t29?,33?,34-,35-,36-,37-/m0/s1. The predicted octanol–water partition coefficient (Wildman–Crippen LogP) is 7.33. The summed E-state index contributed by atoms with van der Waals surface area (Å²) in [5.41, 5.74) is 5.77. The van der Waals surface area contributed by atoms with Crippen molar-refractivity contribution in [1.82, 2.24) is 40.4 Å². The number of carbonyl (C=O) groups is 4. The van der Waals surface area contributed by atoms with E-state index in [9.17, 15) is 19.2 Å². The summed E-state index contributed by atoms with van der Waals surface area (Å²) >= 11 is 0. The molecule has 2 aromatic heterocycles. The van der Waals surface area contributed by atoms with Crippen molar-refractivity contribution in [1.29, 1.82) is 0 Å². The van der Waals surface area contributed by atoms with E-state index in [-0.39, 0.29) is 41.8 Å². The van der Waals surface area contributed by atoms with E-state index in [1.54, 1.807) is 0 Å². The highest BCUT2D eigenvalue weighted by Crippen LogP contribution is 2.53. The Morgan fingerprint density at radius 1 is 0.780 bits per heavy atom. The van der Waals surface area contributed by atoms with Gasteiger partial charge in [0.05, 0.1) is 57.3 Å². The van der Waals surface area contributed by atoms with Crippen molar-refractivity contribution < 1.29 is 28.7 Å². The highest BCUT2D eigenvalue weighted by atomic mass is 28.3. The van der Waals surface area contributed by atoms with E-state index in [1.807, 2.05) is 43.7 Å². The molecule has 0 bridgehead atoms. The molecule has 15 heteroatoms. The molecule has 2 unspecified atom stereocenters. The molecule has 14 nitrogen and oxygen atoms in total. The molecule has 0 spiro atoms. The fraction of sp³-hybridized carbons (Fsp3) is 0.455. The van der Waals surface area contributed by atoms with E-state index in [0.717, 1.165) is 74.7 Å². The Balaban J connectivity index is 1.00. The number of amides is 4. The molecule has 4 N–H and O–H groups in total. The second-order valence-electron chi connectivity index (χ2n) is 17.9. The van der Waals surface area contributed by atoms with Gasteiger partial charge in [0.1, 0.15) is 23.7 Å². The van der Waals surface area contributed by atoms with Crippen LogP contribution in [0.25, 0.3) is 44.2 Å². The fourth-order valence-electron chi connectivity index (χ4n) is 9.15. The van der Waals surface area contributed by atoms with Gasteiger partial charge in [-0.2, -0.15) is 0 Å². The van der Waals surface area contributed by atoms with Gasteiger partial charge in [0.15, 0.2) is 0 Å². The summed E-state index contributed by atoms with van der Waals surface area (Å²) in [6, 6.07) is 18.2. The molecule has 0 radical (unpaired) electrons. The number of benzene rings is 3. The van der Waals surface area contributed by atoms with Gasteiger partial charge in [-0.15, -0.1) is 0 Å². The van der Waals surface area contributed by atoms with Gasteiger partial charge in [-0.05, 0) is 70.8 Å². The lowest BCUT2D eigenvalue weighted by molar-refractivity contribution is -0.137.